The fourth-order valence-corrected chi connectivity index (χ4v) is 11.0. The summed E-state index contributed by atoms with van der Waals surface area (Å²) in [6.45, 7) is 8.76. The van der Waals surface area contributed by atoms with E-state index in [2.05, 4.69) is 219 Å². The molecule has 0 unspecified atom stereocenters. The molecule has 13 rings (SSSR count). The average molecular weight is 834 g/mol. The van der Waals surface area contributed by atoms with Gasteiger partial charge in [-0.25, -0.2) is 9.97 Å². The summed E-state index contributed by atoms with van der Waals surface area (Å²) in [6, 6.07) is 64.1. The van der Waals surface area contributed by atoms with Crippen molar-refractivity contribution in [1.29, 1.82) is 0 Å². The first kappa shape index (κ1) is 38.8. The van der Waals surface area contributed by atoms with E-state index in [0.717, 1.165) is 39.6 Å². The van der Waals surface area contributed by atoms with Crippen molar-refractivity contribution in [3.63, 3.8) is 0 Å². The minimum absolute atomic E-state index is 0.205. The third-order valence-electron chi connectivity index (χ3n) is 13.8. The van der Waals surface area contributed by atoms with E-state index in [1.165, 1.54) is 88.0 Å². The van der Waals surface area contributed by atoms with Crippen LogP contribution in [0.5, 0.6) is 0 Å². The molecule has 0 spiro atoms. The lowest BCUT2D eigenvalue weighted by Gasteiger charge is -2.25. The molecule has 2 aliphatic carbocycles. The summed E-state index contributed by atoms with van der Waals surface area (Å²) in [7, 11) is 0. The molecule has 0 N–H and O–H groups in total. The molecule has 0 aliphatic heterocycles. The summed E-state index contributed by atoms with van der Waals surface area (Å²) in [5.41, 5.74) is 17.5. The molecule has 2 heterocycles. The molecule has 0 saturated carbocycles. The first-order valence-electron chi connectivity index (χ1n) is 23.0. The SMILES string of the molecule is CC.CC1(C)c2ccccc2-c2cccc(-c3cccc4c5c6c(c7ccccc7c5n(-c5nc(-c7ccc(-c8cccc9ccccc89)cc7)c7ccccc7n5)c34)C=CCC=C6)c21. The van der Waals surface area contributed by atoms with Crippen LogP contribution in [-0.4, -0.2) is 14.5 Å². The fourth-order valence-electron chi connectivity index (χ4n) is 11.0. The topological polar surface area (TPSA) is 30.7 Å². The molecule has 65 heavy (non-hydrogen) atoms. The Balaban J connectivity index is 0.00000219. The highest BCUT2D eigenvalue weighted by Crippen LogP contribution is 2.54. The molecular weight excluding hydrogens is 787 g/mol. The minimum Gasteiger partial charge on any atom is -0.277 e. The number of nitrogens with zero attached hydrogens (tertiary/aromatic N) is 3. The van der Waals surface area contributed by atoms with E-state index in [1.807, 2.05) is 13.8 Å². The van der Waals surface area contributed by atoms with E-state index in [1.54, 1.807) is 0 Å². The van der Waals surface area contributed by atoms with Crippen molar-refractivity contribution in [2.45, 2.75) is 39.5 Å². The molecule has 0 atom stereocenters. The van der Waals surface area contributed by atoms with Crippen LogP contribution in [0, 0.1) is 0 Å². The van der Waals surface area contributed by atoms with E-state index in [0.29, 0.717) is 5.95 Å². The Hall–Kier alpha value is -7.88. The Labute approximate surface area is 379 Å². The van der Waals surface area contributed by atoms with Gasteiger partial charge in [-0.3, -0.25) is 4.57 Å². The molecule has 11 aromatic rings. The number of para-hydroxylation sites is 2. The smallest absolute Gasteiger partial charge is 0.235 e. The molecule has 0 bridgehead atoms. The Kier molecular flexibility index (Phi) is 9.03. The molecule has 0 fully saturated rings. The maximum atomic E-state index is 5.69. The lowest BCUT2D eigenvalue weighted by atomic mass is 9.78. The van der Waals surface area contributed by atoms with Gasteiger partial charge in [-0.1, -0.05) is 222 Å². The third-order valence-corrected chi connectivity index (χ3v) is 13.8. The molecule has 9 aromatic carbocycles. The standard InChI is InChI=1S/C60H41N3.C2H6/c1-60(2)52-31-12-10-22-44(52)46-27-15-28-47(55(46)60)49-29-16-30-51-54-45-23-5-3-4-20-42(45)43-21-8-9-24-48(43)58(54)63(57(49)51)59-61-53-32-13-11-25-50(53)56(62-59)39-35-33-38(34-36-39)41-26-14-18-37-17-6-7-19-40(37)41;1-2/h4-36H,3H2,1-2H3;1-2H3. The van der Waals surface area contributed by atoms with Crippen molar-refractivity contribution in [2.24, 2.45) is 0 Å². The number of hydrogen-bond acceptors (Lipinski definition) is 2. The van der Waals surface area contributed by atoms with Crippen molar-refractivity contribution in [3.05, 3.63) is 210 Å². The number of rotatable bonds is 4. The van der Waals surface area contributed by atoms with E-state index in [9.17, 15) is 0 Å². The highest BCUT2D eigenvalue weighted by atomic mass is 15.2. The number of hydrogen-bond donors (Lipinski definition) is 0. The molecule has 3 heteroatoms. The van der Waals surface area contributed by atoms with Crippen LogP contribution in [0.3, 0.4) is 0 Å². The van der Waals surface area contributed by atoms with Gasteiger partial charge in [0.1, 0.15) is 0 Å². The van der Waals surface area contributed by atoms with Crippen LogP contribution in [-0.2, 0) is 5.41 Å². The van der Waals surface area contributed by atoms with Crippen molar-refractivity contribution >= 4 is 66.4 Å². The number of benzene rings is 9. The largest absolute Gasteiger partial charge is 0.277 e. The molecule has 2 aromatic heterocycles. The molecule has 3 nitrogen and oxygen atoms in total. The van der Waals surface area contributed by atoms with Crippen LogP contribution in [0.1, 0.15) is 56.4 Å². The van der Waals surface area contributed by atoms with Crippen molar-refractivity contribution in [2.75, 3.05) is 0 Å². The van der Waals surface area contributed by atoms with Gasteiger partial charge in [-0.15, -0.1) is 0 Å². The van der Waals surface area contributed by atoms with E-state index in [-0.39, 0.29) is 5.41 Å². The first-order valence-corrected chi connectivity index (χ1v) is 23.0. The van der Waals surface area contributed by atoms with Crippen LogP contribution in [0.25, 0.3) is 117 Å². The van der Waals surface area contributed by atoms with E-state index in [4.69, 9.17) is 9.97 Å². The lowest BCUT2D eigenvalue weighted by Crippen LogP contribution is -2.16. The molecule has 0 saturated heterocycles. The zero-order chi connectivity index (χ0) is 43.8. The molecule has 0 amide bonds. The predicted molar refractivity (Wildman–Crippen MR) is 277 cm³/mol. The van der Waals surface area contributed by atoms with Gasteiger partial charge in [0, 0.05) is 38.1 Å². The van der Waals surface area contributed by atoms with Gasteiger partial charge in [0.2, 0.25) is 5.95 Å². The van der Waals surface area contributed by atoms with Gasteiger partial charge in [0.15, 0.2) is 0 Å². The maximum absolute atomic E-state index is 5.69. The summed E-state index contributed by atoms with van der Waals surface area (Å²) in [5, 5.41) is 8.31. The van der Waals surface area contributed by atoms with Gasteiger partial charge in [-0.2, -0.15) is 0 Å². The van der Waals surface area contributed by atoms with Gasteiger partial charge in [0.05, 0.1) is 22.2 Å². The van der Waals surface area contributed by atoms with Crippen LogP contribution in [0.2, 0.25) is 0 Å². The number of fused-ring (bicyclic) bond motifs is 13. The molecule has 2 aliphatic rings. The van der Waals surface area contributed by atoms with Gasteiger partial charge in [0.25, 0.3) is 0 Å². The Morgan fingerprint density at radius 3 is 1.85 bits per heavy atom. The zero-order valence-corrected chi connectivity index (χ0v) is 37.1. The fraction of sp³-hybridized carbons (Fsp3) is 0.0968. The lowest BCUT2D eigenvalue weighted by molar-refractivity contribution is 0.662. The second kappa shape index (κ2) is 15.1. The highest BCUT2D eigenvalue weighted by Gasteiger charge is 2.38. The van der Waals surface area contributed by atoms with Crippen LogP contribution in [0.15, 0.2) is 188 Å². The zero-order valence-electron chi connectivity index (χ0n) is 37.1. The van der Waals surface area contributed by atoms with Crippen molar-refractivity contribution < 1.29 is 0 Å². The monoisotopic (exact) mass is 833 g/mol. The quantitative estimate of drug-likeness (QED) is 0.177. The van der Waals surface area contributed by atoms with E-state index >= 15 is 0 Å². The molecule has 310 valence electrons. The Bertz CT molecular complexity index is 3780. The van der Waals surface area contributed by atoms with E-state index < -0.39 is 0 Å². The molecule has 0 radical (unpaired) electrons. The summed E-state index contributed by atoms with van der Waals surface area (Å²) in [6.07, 6.45) is 10.1. The Morgan fingerprint density at radius 1 is 0.446 bits per heavy atom. The maximum Gasteiger partial charge on any atom is 0.235 e. The number of allylic oxidation sites excluding steroid dienone is 2. The van der Waals surface area contributed by atoms with Crippen molar-refractivity contribution in [3.8, 4) is 50.6 Å². The van der Waals surface area contributed by atoms with Crippen molar-refractivity contribution in [1.82, 2.24) is 14.5 Å². The summed E-state index contributed by atoms with van der Waals surface area (Å²) >= 11 is 0. The predicted octanol–water partition coefficient (Wildman–Crippen LogP) is 16.8. The first-order chi connectivity index (χ1) is 32.0. The summed E-state index contributed by atoms with van der Waals surface area (Å²) < 4.78 is 2.40. The van der Waals surface area contributed by atoms with Crippen LogP contribution in [0.4, 0.5) is 0 Å². The summed E-state index contributed by atoms with van der Waals surface area (Å²) in [4.78, 5) is 11.2. The second-order valence-electron chi connectivity index (χ2n) is 17.6. The summed E-state index contributed by atoms with van der Waals surface area (Å²) in [5.74, 6) is 0.655. The minimum atomic E-state index is -0.205. The van der Waals surface area contributed by atoms with Crippen LogP contribution < -0.4 is 0 Å². The normalized spacial score (nSPS) is 13.5. The van der Waals surface area contributed by atoms with Gasteiger partial charge < -0.3 is 0 Å². The number of aromatic nitrogens is 3. The second-order valence-corrected chi connectivity index (χ2v) is 17.6. The highest BCUT2D eigenvalue weighted by molar-refractivity contribution is 6.26. The van der Waals surface area contributed by atoms with Crippen LogP contribution >= 0.6 is 0 Å². The average Bonchev–Trinajstić information content (AvgIpc) is 3.69. The van der Waals surface area contributed by atoms with Gasteiger partial charge in [-0.05, 0) is 78.7 Å². The third kappa shape index (κ3) is 5.82. The van der Waals surface area contributed by atoms with Gasteiger partial charge >= 0.3 is 0 Å². The Morgan fingerprint density at radius 2 is 1.02 bits per heavy atom. The molecular formula is C62H47N3.